The first kappa shape index (κ1) is 11.8. The summed E-state index contributed by atoms with van der Waals surface area (Å²) in [6, 6.07) is 7.80. The fraction of sp³-hybridized carbons (Fsp3) is 0.188. The van der Waals surface area contributed by atoms with Crippen molar-refractivity contribution in [3.63, 3.8) is 0 Å². The molecule has 96 valence electrons. The van der Waals surface area contributed by atoms with Crippen molar-refractivity contribution in [2.45, 2.75) is 6.04 Å². The second kappa shape index (κ2) is 4.76. The molecule has 0 saturated heterocycles. The number of hydrogen-bond donors (Lipinski definition) is 1. The van der Waals surface area contributed by atoms with Crippen molar-refractivity contribution < 1.29 is 9.53 Å². The summed E-state index contributed by atoms with van der Waals surface area (Å²) in [4.78, 5) is 12.1. The van der Waals surface area contributed by atoms with Gasteiger partial charge in [-0.1, -0.05) is 42.5 Å². The van der Waals surface area contributed by atoms with Gasteiger partial charge in [-0.2, -0.15) is 0 Å². The Kier molecular flexibility index (Phi) is 2.95. The zero-order chi connectivity index (χ0) is 13.2. The minimum Gasteiger partial charge on any atom is -0.497 e. The van der Waals surface area contributed by atoms with E-state index in [0.29, 0.717) is 0 Å². The molecule has 0 fully saturated rings. The molecule has 0 radical (unpaired) electrons. The number of fused-ring (bicyclic) bond motifs is 2. The summed E-state index contributed by atoms with van der Waals surface area (Å²) in [6.07, 6.45) is 10.00. The highest BCUT2D eigenvalue weighted by molar-refractivity contribution is 5.96. The first-order valence-corrected chi connectivity index (χ1v) is 6.29. The highest BCUT2D eigenvalue weighted by Crippen LogP contribution is 2.30. The van der Waals surface area contributed by atoms with E-state index in [4.69, 9.17) is 4.74 Å². The first-order valence-electron chi connectivity index (χ1n) is 6.29. The van der Waals surface area contributed by atoms with Crippen molar-refractivity contribution in [2.75, 3.05) is 7.11 Å². The van der Waals surface area contributed by atoms with Crippen molar-refractivity contribution in [3.8, 4) is 5.75 Å². The molecule has 2 heterocycles. The van der Waals surface area contributed by atoms with E-state index < -0.39 is 0 Å². The molecule has 3 heteroatoms. The fourth-order valence-corrected chi connectivity index (χ4v) is 2.42. The lowest BCUT2D eigenvalue weighted by Crippen LogP contribution is -2.40. The molecule has 0 saturated carbocycles. The van der Waals surface area contributed by atoms with E-state index in [-0.39, 0.29) is 17.9 Å². The normalized spacial score (nSPS) is 24.5. The zero-order valence-corrected chi connectivity index (χ0v) is 10.7. The minimum absolute atomic E-state index is 0.0254. The van der Waals surface area contributed by atoms with Gasteiger partial charge in [-0.15, -0.1) is 0 Å². The molecular formula is C16H15NO2. The number of hydrogen-bond acceptors (Lipinski definition) is 2. The third kappa shape index (κ3) is 2.19. The number of methoxy groups -OCH3 is 1. The smallest absolute Gasteiger partial charge is 0.232 e. The number of amides is 1. The number of nitrogens with one attached hydrogen (secondary N) is 1. The number of carbonyl (C=O) groups is 1. The second-order valence-electron chi connectivity index (χ2n) is 4.63. The molecule has 1 aromatic rings. The lowest BCUT2D eigenvalue weighted by atomic mass is 9.86. The molecule has 2 aliphatic heterocycles. The van der Waals surface area contributed by atoms with Gasteiger partial charge in [0.25, 0.3) is 0 Å². The van der Waals surface area contributed by atoms with Crippen LogP contribution in [-0.2, 0) is 4.79 Å². The molecule has 0 unspecified atom stereocenters. The summed E-state index contributed by atoms with van der Waals surface area (Å²) in [5.74, 6) is 0.656. The van der Waals surface area contributed by atoms with Crippen LogP contribution in [0.1, 0.15) is 5.56 Å². The quantitative estimate of drug-likeness (QED) is 0.821. The van der Waals surface area contributed by atoms with E-state index in [2.05, 4.69) is 5.32 Å². The highest BCUT2D eigenvalue weighted by Gasteiger charge is 2.27. The summed E-state index contributed by atoms with van der Waals surface area (Å²) in [5.41, 5.74) is 2.04. The maximum absolute atomic E-state index is 12.1. The molecule has 0 spiro atoms. The predicted molar refractivity (Wildman–Crippen MR) is 74.7 cm³/mol. The van der Waals surface area contributed by atoms with Crippen LogP contribution in [0.5, 0.6) is 5.75 Å². The zero-order valence-electron chi connectivity index (χ0n) is 10.7. The van der Waals surface area contributed by atoms with Crippen LogP contribution in [0.4, 0.5) is 0 Å². The summed E-state index contributed by atoms with van der Waals surface area (Å²) in [6.45, 7) is 0. The van der Waals surface area contributed by atoms with Crippen molar-refractivity contribution in [1.29, 1.82) is 0 Å². The molecule has 1 N–H and O–H groups in total. The standard InChI is InChI=1S/C16H15NO2/c1-19-13-8-5-11(6-9-13)14-4-2-3-12-7-10-15(14)16(18)17-12/h2-10,12,15H,1H3,(H,17,18)/t12-,15+/m0/s1. The van der Waals surface area contributed by atoms with Gasteiger partial charge in [0.2, 0.25) is 5.91 Å². The van der Waals surface area contributed by atoms with E-state index in [1.54, 1.807) is 7.11 Å². The van der Waals surface area contributed by atoms with Crippen molar-refractivity contribution in [2.24, 2.45) is 5.92 Å². The lowest BCUT2D eigenvalue weighted by molar-refractivity contribution is -0.122. The minimum atomic E-state index is -0.213. The van der Waals surface area contributed by atoms with Crippen LogP contribution in [0.25, 0.3) is 5.57 Å². The predicted octanol–water partition coefficient (Wildman–Crippen LogP) is 2.32. The van der Waals surface area contributed by atoms with E-state index in [1.807, 2.05) is 54.6 Å². The Labute approximate surface area is 112 Å². The SMILES string of the molecule is COc1ccc(C2=CC=C[C@H]3C=C[C@H]2C(=O)N3)cc1. The van der Waals surface area contributed by atoms with E-state index in [9.17, 15) is 4.79 Å². The van der Waals surface area contributed by atoms with Gasteiger partial charge in [0, 0.05) is 0 Å². The van der Waals surface area contributed by atoms with Gasteiger partial charge in [-0.3, -0.25) is 4.79 Å². The van der Waals surface area contributed by atoms with Crippen LogP contribution in [-0.4, -0.2) is 19.1 Å². The lowest BCUT2D eigenvalue weighted by Gasteiger charge is -2.26. The van der Waals surface area contributed by atoms with Crippen molar-refractivity contribution in [3.05, 3.63) is 60.2 Å². The molecule has 0 aromatic heterocycles. The van der Waals surface area contributed by atoms with Crippen LogP contribution in [0.3, 0.4) is 0 Å². The molecule has 1 aromatic carbocycles. The molecule has 2 atom stereocenters. The van der Waals surface area contributed by atoms with Gasteiger partial charge in [0.15, 0.2) is 0 Å². The molecule has 3 nitrogen and oxygen atoms in total. The van der Waals surface area contributed by atoms with E-state index in [0.717, 1.165) is 16.9 Å². The Morgan fingerprint density at radius 3 is 2.58 bits per heavy atom. The number of allylic oxidation sites excluding steroid dienone is 2. The van der Waals surface area contributed by atoms with Gasteiger partial charge in [0.1, 0.15) is 5.75 Å². The molecule has 1 amide bonds. The third-order valence-electron chi connectivity index (χ3n) is 3.45. The average molecular weight is 253 g/mol. The van der Waals surface area contributed by atoms with Gasteiger partial charge >= 0.3 is 0 Å². The summed E-state index contributed by atoms with van der Waals surface area (Å²) < 4.78 is 5.16. The Hall–Kier alpha value is -2.29. The van der Waals surface area contributed by atoms with Gasteiger partial charge in [-0.05, 0) is 23.3 Å². The molecule has 19 heavy (non-hydrogen) atoms. The summed E-state index contributed by atoms with van der Waals surface area (Å²) in [5, 5.41) is 2.96. The van der Waals surface area contributed by atoms with E-state index in [1.165, 1.54) is 0 Å². The van der Waals surface area contributed by atoms with Crippen molar-refractivity contribution in [1.82, 2.24) is 5.32 Å². The monoisotopic (exact) mass is 253 g/mol. The third-order valence-corrected chi connectivity index (χ3v) is 3.45. The largest absolute Gasteiger partial charge is 0.497 e. The van der Waals surface area contributed by atoms with Crippen LogP contribution < -0.4 is 10.1 Å². The van der Waals surface area contributed by atoms with Crippen LogP contribution in [0.15, 0.2) is 54.6 Å². The Bertz CT molecular complexity index is 581. The van der Waals surface area contributed by atoms with E-state index >= 15 is 0 Å². The number of benzene rings is 1. The molecule has 3 aliphatic rings. The van der Waals surface area contributed by atoms with Gasteiger partial charge in [-0.25, -0.2) is 0 Å². The maximum Gasteiger partial charge on any atom is 0.232 e. The maximum atomic E-state index is 12.1. The average Bonchev–Trinajstić information content (AvgIpc) is 2.41. The second-order valence-corrected chi connectivity index (χ2v) is 4.63. The topological polar surface area (TPSA) is 38.3 Å². The number of carbonyl (C=O) groups excluding carboxylic acids is 1. The van der Waals surface area contributed by atoms with Gasteiger partial charge in [0.05, 0.1) is 19.1 Å². The molecule has 1 aliphatic carbocycles. The number of ether oxygens (including phenoxy) is 1. The van der Waals surface area contributed by atoms with Crippen LogP contribution in [0.2, 0.25) is 0 Å². The van der Waals surface area contributed by atoms with Gasteiger partial charge < -0.3 is 10.1 Å². The van der Waals surface area contributed by atoms with Crippen LogP contribution in [0, 0.1) is 5.92 Å². The molecule has 2 bridgehead atoms. The molecule has 4 rings (SSSR count). The number of rotatable bonds is 2. The van der Waals surface area contributed by atoms with Crippen molar-refractivity contribution >= 4 is 11.5 Å². The molecular weight excluding hydrogens is 238 g/mol. The Balaban J connectivity index is 2.01. The fourth-order valence-electron chi connectivity index (χ4n) is 2.42. The van der Waals surface area contributed by atoms with Crippen LogP contribution >= 0.6 is 0 Å². The summed E-state index contributed by atoms with van der Waals surface area (Å²) >= 11 is 0. The summed E-state index contributed by atoms with van der Waals surface area (Å²) in [7, 11) is 1.64. The highest BCUT2D eigenvalue weighted by atomic mass is 16.5. The Morgan fingerprint density at radius 1 is 1.11 bits per heavy atom. The Morgan fingerprint density at radius 2 is 1.89 bits per heavy atom. The first-order chi connectivity index (χ1) is 9.28.